The molecule has 0 aliphatic carbocycles. The van der Waals surface area contributed by atoms with Gasteiger partial charge in [-0.2, -0.15) is 0 Å². The van der Waals surface area contributed by atoms with Crippen LogP contribution in [0, 0.1) is 0 Å². The van der Waals surface area contributed by atoms with Crippen LogP contribution in [0.2, 0.25) is 5.02 Å². The number of nitrogens with zero attached hydrogens (tertiary/aromatic N) is 1. The Morgan fingerprint density at radius 3 is 2.58 bits per heavy atom. The molecular formula is C18H20BrClN3O+. The largest absolute Gasteiger partial charge is 0.359 e. The van der Waals surface area contributed by atoms with Crippen LogP contribution in [0.1, 0.15) is 10.4 Å². The fraction of sp³-hybridized carbons (Fsp3) is 0.278. The second-order valence-electron chi connectivity index (χ2n) is 6.04. The van der Waals surface area contributed by atoms with Crippen molar-refractivity contribution in [2.45, 2.75) is 0 Å². The molecule has 0 aromatic heterocycles. The molecule has 4 nitrogen and oxygen atoms in total. The zero-order valence-electron chi connectivity index (χ0n) is 13.5. The lowest BCUT2D eigenvalue weighted by molar-refractivity contribution is -0.880. The van der Waals surface area contributed by atoms with Gasteiger partial charge in [0, 0.05) is 10.2 Å². The van der Waals surface area contributed by atoms with Gasteiger partial charge in [-0.15, -0.1) is 0 Å². The van der Waals surface area contributed by atoms with Crippen molar-refractivity contribution in [2.24, 2.45) is 0 Å². The Morgan fingerprint density at radius 1 is 1.21 bits per heavy atom. The number of amides is 1. The Morgan fingerprint density at radius 2 is 1.92 bits per heavy atom. The van der Waals surface area contributed by atoms with E-state index in [2.05, 4.69) is 33.2 Å². The first-order valence-corrected chi connectivity index (χ1v) is 9.13. The molecule has 2 aromatic carbocycles. The first-order chi connectivity index (χ1) is 11.5. The summed E-state index contributed by atoms with van der Waals surface area (Å²) in [4.78, 5) is 16.2. The lowest BCUT2D eigenvalue weighted by Crippen LogP contribution is -3.12. The van der Waals surface area contributed by atoms with E-state index in [1.807, 2.05) is 36.4 Å². The SMILES string of the molecule is C[NH+]1CCN(c2ccc(NC(=O)c3ccccc3Br)cc2Cl)CC1. The topological polar surface area (TPSA) is 36.8 Å². The molecule has 0 bridgehead atoms. The highest BCUT2D eigenvalue weighted by atomic mass is 79.9. The van der Waals surface area contributed by atoms with E-state index in [4.69, 9.17) is 11.6 Å². The number of nitrogens with one attached hydrogen (secondary N) is 2. The number of carbonyl (C=O) groups excluding carboxylic acids is 1. The number of piperazine rings is 1. The van der Waals surface area contributed by atoms with Crippen molar-refractivity contribution in [3.63, 3.8) is 0 Å². The van der Waals surface area contributed by atoms with Crippen molar-refractivity contribution in [3.05, 3.63) is 57.5 Å². The molecule has 2 aromatic rings. The Bertz CT molecular complexity index is 745. The Kier molecular flexibility index (Phi) is 5.43. The van der Waals surface area contributed by atoms with Crippen molar-refractivity contribution in [1.29, 1.82) is 0 Å². The average Bonchev–Trinajstić information content (AvgIpc) is 2.56. The predicted molar refractivity (Wildman–Crippen MR) is 102 cm³/mol. The lowest BCUT2D eigenvalue weighted by Gasteiger charge is -2.32. The summed E-state index contributed by atoms with van der Waals surface area (Å²) in [6, 6.07) is 13.0. The van der Waals surface area contributed by atoms with E-state index >= 15 is 0 Å². The molecule has 0 spiro atoms. The van der Waals surface area contributed by atoms with Crippen LogP contribution in [0.4, 0.5) is 11.4 Å². The van der Waals surface area contributed by atoms with E-state index in [1.165, 1.54) is 0 Å². The van der Waals surface area contributed by atoms with Crippen LogP contribution in [0.15, 0.2) is 46.9 Å². The molecule has 0 saturated carbocycles. The third-order valence-electron chi connectivity index (χ3n) is 4.28. The number of halogens is 2. The van der Waals surface area contributed by atoms with Gasteiger partial charge in [-0.25, -0.2) is 0 Å². The third kappa shape index (κ3) is 3.91. The van der Waals surface area contributed by atoms with Crippen LogP contribution in [0.25, 0.3) is 0 Å². The maximum atomic E-state index is 12.4. The van der Waals surface area contributed by atoms with Crippen LogP contribution in [0.3, 0.4) is 0 Å². The summed E-state index contributed by atoms with van der Waals surface area (Å²) in [5, 5.41) is 3.57. The molecule has 0 radical (unpaired) electrons. The molecule has 0 atom stereocenters. The highest BCUT2D eigenvalue weighted by Crippen LogP contribution is 2.29. The molecule has 126 valence electrons. The number of likely N-dealkylation sites (N-methyl/N-ethyl adjacent to an activating group) is 1. The smallest absolute Gasteiger partial charge is 0.256 e. The summed E-state index contributed by atoms with van der Waals surface area (Å²) in [6.07, 6.45) is 0. The molecule has 1 aliphatic heterocycles. The third-order valence-corrected chi connectivity index (χ3v) is 5.28. The molecule has 24 heavy (non-hydrogen) atoms. The summed E-state index contributed by atoms with van der Waals surface area (Å²) in [7, 11) is 2.21. The highest BCUT2D eigenvalue weighted by molar-refractivity contribution is 9.10. The summed E-state index contributed by atoms with van der Waals surface area (Å²) < 4.78 is 0.769. The van der Waals surface area contributed by atoms with Gasteiger partial charge in [0.1, 0.15) is 0 Å². The van der Waals surface area contributed by atoms with Crippen molar-refractivity contribution in [1.82, 2.24) is 0 Å². The number of quaternary nitrogens is 1. The van der Waals surface area contributed by atoms with E-state index in [9.17, 15) is 4.79 Å². The van der Waals surface area contributed by atoms with E-state index < -0.39 is 0 Å². The minimum absolute atomic E-state index is 0.158. The minimum Gasteiger partial charge on any atom is -0.359 e. The van der Waals surface area contributed by atoms with Gasteiger partial charge >= 0.3 is 0 Å². The number of hydrogen-bond acceptors (Lipinski definition) is 2. The molecule has 2 N–H and O–H groups in total. The molecule has 0 unspecified atom stereocenters. The second kappa shape index (κ2) is 7.55. The Balaban J connectivity index is 1.73. The molecule has 1 amide bonds. The monoisotopic (exact) mass is 408 g/mol. The summed E-state index contributed by atoms with van der Waals surface area (Å²) >= 11 is 9.85. The van der Waals surface area contributed by atoms with E-state index in [-0.39, 0.29) is 5.91 Å². The second-order valence-corrected chi connectivity index (χ2v) is 7.31. The van der Waals surface area contributed by atoms with Gasteiger partial charge in [0.05, 0.1) is 49.5 Å². The number of carbonyl (C=O) groups is 1. The maximum absolute atomic E-state index is 12.4. The first kappa shape index (κ1) is 17.3. The van der Waals surface area contributed by atoms with Gasteiger partial charge < -0.3 is 15.1 Å². The zero-order chi connectivity index (χ0) is 17.1. The Labute approximate surface area is 155 Å². The van der Waals surface area contributed by atoms with Crippen LogP contribution < -0.4 is 15.1 Å². The molecular weight excluding hydrogens is 390 g/mol. The lowest BCUT2D eigenvalue weighted by atomic mass is 10.2. The van der Waals surface area contributed by atoms with Gasteiger partial charge in [-0.1, -0.05) is 23.7 Å². The van der Waals surface area contributed by atoms with Crippen molar-refractivity contribution in [2.75, 3.05) is 43.4 Å². The van der Waals surface area contributed by atoms with Gasteiger partial charge in [-0.3, -0.25) is 4.79 Å². The number of rotatable bonds is 3. The minimum atomic E-state index is -0.158. The maximum Gasteiger partial charge on any atom is 0.256 e. The fourth-order valence-corrected chi connectivity index (χ4v) is 3.58. The summed E-state index contributed by atoms with van der Waals surface area (Å²) in [5.41, 5.74) is 2.33. The predicted octanol–water partition coefficient (Wildman–Crippen LogP) is 2.69. The average molecular weight is 410 g/mol. The van der Waals surface area contributed by atoms with E-state index in [1.54, 1.807) is 11.0 Å². The molecule has 3 rings (SSSR count). The quantitative estimate of drug-likeness (QED) is 0.818. The standard InChI is InChI=1S/C18H19BrClN3O/c1-22-8-10-23(11-9-22)17-7-6-13(12-16(17)20)21-18(24)14-4-2-3-5-15(14)19/h2-7,12H,8-11H2,1H3,(H,21,24)/p+1. The first-order valence-electron chi connectivity index (χ1n) is 7.96. The Hall–Kier alpha value is -1.56. The zero-order valence-corrected chi connectivity index (χ0v) is 15.8. The molecule has 1 aliphatic rings. The van der Waals surface area contributed by atoms with Gasteiger partial charge in [0.25, 0.3) is 5.91 Å². The van der Waals surface area contributed by atoms with Crippen molar-refractivity contribution >= 4 is 44.8 Å². The van der Waals surface area contributed by atoms with Gasteiger partial charge in [-0.05, 0) is 46.3 Å². The molecule has 6 heteroatoms. The fourth-order valence-electron chi connectivity index (χ4n) is 2.81. The normalized spacial score (nSPS) is 15.4. The number of benzene rings is 2. The molecule has 1 saturated heterocycles. The van der Waals surface area contributed by atoms with Crippen LogP contribution in [-0.2, 0) is 0 Å². The van der Waals surface area contributed by atoms with Gasteiger partial charge in [0.15, 0.2) is 0 Å². The van der Waals surface area contributed by atoms with Crippen molar-refractivity contribution < 1.29 is 9.69 Å². The molecule has 1 heterocycles. The number of anilines is 2. The van der Waals surface area contributed by atoms with Crippen LogP contribution >= 0.6 is 27.5 Å². The van der Waals surface area contributed by atoms with Gasteiger partial charge in [0.2, 0.25) is 0 Å². The van der Waals surface area contributed by atoms with Crippen LogP contribution in [-0.4, -0.2) is 39.1 Å². The summed E-state index contributed by atoms with van der Waals surface area (Å²) in [5.74, 6) is -0.158. The summed E-state index contributed by atoms with van der Waals surface area (Å²) in [6.45, 7) is 4.20. The van der Waals surface area contributed by atoms with Crippen LogP contribution in [0.5, 0.6) is 0 Å². The molecule has 1 fully saturated rings. The van der Waals surface area contributed by atoms with E-state index in [0.29, 0.717) is 16.3 Å². The highest BCUT2D eigenvalue weighted by Gasteiger charge is 2.19. The number of hydrogen-bond donors (Lipinski definition) is 2. The van der Waals surface area contributed by atoms with Crippen molar-refractivity contribution in [3.8, 4) is 0 Å². The van der Waals surface area contributed by atoms with E-state index in [0.717, 1.165) is 36.3 Å².